The van der Waals surface area contributed by atoms with E-state index in [1.165, 1.54) is 4.90 Å². The minimum Gasteiger partial charge on any atom is -0.480 e. The van der Waals surface area contributed by atoms with Gasteiger partial charge in [-0.2, -0.15) is 0 Å². The molecule has 2 heterocycles. The summed E-state index contributed by atoms with van der Waals surface area (Å²) in [7, 11) is 0. The molecule has 1 aliphatic rings. The van der Waals surface area contributed by atoms with Gasteiger partial charge in [-0.25, -0.2) is 9.59 Å². The molecule has 7 heteroatoms. The van der Waals surface area contributed by atoms with Gasteiger partial charge in [0.05, 0.1) is 6.10 Å². The van der Waals surface area contributed by atoms with Crippen LogP contribution in [0.3, 0.4) is 0 Å². The molecule has 2 rings (SSSR count). The predicted molar refractivity (Wildman–Crippen MR) is 74.8 cm³/mol. The van der Waals surface area contributed by atoms with Gasteiger partial charge in [0.15, 0.2) is 0 Å². The number of thiophene rings is 1. The van der Waals surface area contributed by atoms with E-state index in [9.17, 15) is 14.7 Å². The lowest BCUT2D eigenvalue weighted by Crippen LogP contribution is -2.49. The number of likely N-dealkylation sites (tertiary alicyclic amines) is 1. The van der Waals surface area contributed by atoms with Gasteiger partial charge in [-0.1, -0.05) is 6.07 Å². The summed E-state index contributed by atoms with van der Waals surface area (Å²) in [4.78, 5) is 25.5. The third kappa shape index (κ3) is 3.49. The number of aliphatic hydroxyl groups excluding tert-OH is 1. The van der Waals surface area contributed by atoms with E-state index in [0.717, 1.165) is 4.88 Å². The van der Waals surface area contributed by atoms with Crippen molar-refractivity contribution in [1.29, 1.82) is 0 Å². The third-order valence-electron chi connectivity index (χ3n) is 3.28. The van der Waals surface area contributed by atoms with E-state index < -0.39 is 24.1 Å². The SMILES string of the molecule is CC(Cc1cccs1)NC(=O)N1CC(O)C[C@H]1C(=O)O. The highest BCUT2D eigenvalue weighted by molar-refractivity contribution is 7.09. The number of aliphatic carboxylic acids is 1. The standard InChI is InChI=1S/C13H18N2O4S/c1-8(5-10-3-2-4-20-10)14-13(19)15-7-9(16)6-11(15)12(17)18/h2-4,8-9,11,16H,5-7H2,1H3,(H,14,19)(H,17,18)/t8?,9?,11-/m0/s1. The molecule has 20 heavy (non-hydrogen) atoms. The van der Waals surface area contributed by atoms with E-state index in [4.69, 9.17) is 5.11 Å². The summed E-state index contributed by atoms with van der Waals surface area (Å²) in [6.45, 7) is 1.94. The van der Waals surface area contributed by atoms with Gasteiger partial charge in [-0.15, -0.1) is 11.3 Å². The van der Waals surface area contributed by atoms with Crippen LogP contribution in [0, 0.1) is 0 Å². The summed E-state index contributed by atoms with van der Waals surface area (Å²) in [5.41, 5.74) is 0. The van der Waals surface area contributed by atoms with Crippen molar-refractivity contribution in [3.8, 4) is 0 Å². The smallest absolute Gasteiger partial charge is 0.326 e. The van der Waals surface area contributed by atoms with E-state index >= 15 is 0 Å². The van der Waals surface area contributed by atoms with Gasteiger partial charge in [-0.05, 0) is 18.4 Å². The van der Waals surface area contributed by atoms with Gasteiger partial charge in [0.25, 0.3) is 0 Å². The molecule has 0 saturated carbocycles. The van der Waals surface area contributed by atoms with Crippen LogP contribution in [0.2, 0.25) is 0 Å². The number of carboxylic acid groups (broad SMARTS) is 1. The van der Waals surface area contributed by atoms with Crippen molar-refractivity contribution < 1.29 is 19.8 Å². The molecule has 2 unspecified atom stereocenters. The number of aliphatic hydroxyl groups is 1. The van der Waals surface area contributed by atoms with Crippen LogP contribution in [0.25, 0.3) is 0 Å². The van der Waals surface area contributed by atoms with Crippen molar-refractivity contribution in [1.82, 2.24) is 10.2 Å². The number of hydrogen-bond donors (Lipinski definition) is 3. The molecule has 3 atom stereocenters. The number of nitrogens with one attached hydrogen (secondary N) is 1. The molecule has 0 radical (unpaired) electrons. The summed E-state index contributed by atoms with van der Waals surface area (Å²) in [5, 5.41) is 23.3. The summed E-state index contributed by atoms with van der Waals surface area (Å²) >= 11 is 1.62. The number of amides is 2. The second-order valence-corrected chi connectivity index (χ2v) is 6.06. The Morgan fingerprint density at radius 1 is 1.60 bits per heavy atom. The first-order valence-corrected chi connectivity index (χ1v) is 7.35. The zero-order valence-electron chi connectivity index (χ0n) is 11.2. The van der Waals surface area contributed by atoms with Gasteiger partial charge in [0, 0.05) is 30.3 Å². The van der Waals surface area contributed by atoms with Crippen LogP contribution >= 0.6 is 11.3 Å². The second kappa shape index (κ2) is 6.23. The molecule has 3 N–H and O–H groups in total. The van der Waals surface area contributed by atoms with E-state index in [1.54, 1.807) is 11.3 Å². The third-order valence-corrected chi connectivity index (χ3v) is 4.18. The monoisotopic (exact) mass is 298 g/mol. The van der Waals surface area contributed by atoms with E-state index in [-0.39, 0.29) is 19.0 Å². The lowest BCUT2D eigenvalue weighted by Gasteiger charge is -2.24. The molecule has 0 bridgehead atoms. The van der Waals surface area contributed by atoms with Gasteiger partial charge in [0.1, 0.15) is 6.04 Å². The van der Waals surface area contributed by atoms with Crippen molar-refractivity contribution in [3.05, 3.63) is 22.4 Å². The minimum absolute atomic E-state index is 0.0640. The maximum atomic E-state index is 12.1. The van der Waals surface area contributed by atoms with Crippen LogP contribution in [0.5, 0.6) is 0 Å². The van der Waals surface area contributed by atoms with Crippen molar-refractivity contribution in [2.24, 2.45) is 0 Å². The molecule has 1 aromatic rings. The van der Waals surface area contributed by atoms with Crippen molar-refractivity contribution in [2.45, 2.75) is 38.0 Å². The Kier molecular flexibility index (Phi) is 4.61. The van der Waals surface area contributed by atoms with Crippen LogP contribution in [0.4, 0.5) is 4.79 Å². The molecule has 1 fully saturated rings. The molecule has 0 aliphatic carbocycles. The molecular formula is C13H18N2O4S. The van der Waals surface area contributed by atoms with E-state index in [0.29, 0.717) is 6.42 Å². The Morgan fingerprint density at radius 3 is 2.95 bits per heavy atom. The number of nitrogens with zero attached hydrogens (tertiary/aromatic N) is 1. The maximum absolute atomic E-state index is 12.1. The molecule has 1 saturated heterocycles. The van der Waals surface area contributed by atoms with Crippen LogP contribution in [-0.2, 0) is 11.2 Å². The summed E-state index contributed by atoms with van der Waals surface area (Å²) < 4.78 is 0. The Balaban J connectivity index is 1.92. The number of hydrogen-bond acceptors (Lipinski definition) is 4. The summed E-state index contributed by atoms with van der Waals surface area (Å²) in [5.74, 6) is -1.08. The fraction of sp³-hybridized carbons (Fsp3) is 0.538. The lowest BCUT2D eigenvalue weighted by atomic mass is 10.2. The highest BCUT2D eigenvalue weighted by Crippen LogP contribution is 2.18. The van der Waals surface area contributed by atoms with Gasteiger partial charge >= 0.3 is 12.0 Å². The first-order valence-electron chi connectivity index (χ1n) is 6.47. The molecule has 110 valence electrons. The van der Waals surface area contributed by atoms with Gasteiger partial charge in [-0.3, -0.25) is 0 Å². The Bertz CT molecular complexity index is 477. The maximum Gasteiger partial charge on any atom is 0.326 e. The number of carbonyl (C=O) groups excluding carboxylic acids is 1. The van der Waals surface area contributed by atoms with Crippen LogP contribution in [0.15, 0.2) is 17.5 Å². The quantitative estimate of drug-likeness (QED) is 0.770. The summed E-state index contributed by atoms with van der Waals surface area (Å²) in [6, 6.07) is 2.48. The number of carboxylic acids is 1. The fourth-order valence-electron chi connectivity index (χ4n) is 2.35. The number of β-amino-alcohol motifs (C(OH)–C–C–N with tert-alkyl or cyclic N) is 1. The van der Waals surface area contributed by atoms with Crippen molar-refractivity contribution >= 4 is 23.3 Å². The molecule has 0 aromatic carbocycles. The highest BCUT2D eigenvalue weighted by atomic mass is 32.1. The zero-order valence-corrected chi connectivity index (χ0v) is 12.0. The van der Waals surface area contributed by atoms with Crippen molar-refractivity contribution in [2.75, 3.05) is 6.54 Å². The van der Waals surface area contributed by atoms with Gasteiger partial charge < -0.3 is 20.4 Å². The highest BCUT2D eigenvalue weighted by Gasteiger charge is 2.39. The largest absolute Gasteiger partial charge is 0.480 e. The van der Waals surface area contributed by atoms with E-state index in [2.05, 4.69) is 5.32 Å². The van der Waals surface area contributed by atoms with Crippen LogP contribution in [0.1, 0.15) is 18.2 Å². The zero-order chi connectivity index (χ0) is 14.7. The average molecular weight is 298 g/mol. The normalized spacial score (nSPS) is 23.6. The molecule has 6 nitrogen and oxygen atoms in total. The molecular weight excluding hydrogens is 280 g/mol. The molecule has 2 amide bonds. The summed E-state index contributed by atoms with van der Waals surface area (Å²) in [6.07, 6.45) is 0.0222. The topological polar surface area (TPSA) is 89.9 Å². The first kappa shape index (κ1) is 14.8. The predicted octanol–water partition coefficient (Wildman–Crippen LogP) is 0.908. The van der Waals surface area contributed by atoms with Crippen molar-refractivity contribution in [3.63, 3.8) is 0 Å². The minimum atomic E-state index is -1.08. The van der Waals surface area contributed by atoms with Crippen LogP contribution < -0.4 is 5.32 Å². The Labute approximate surface area is 121 Å². The van der Waals surface area contributed by atoms with Gasteiger partial charge in [0.2, 0.25) is 0 Å². The molecule has 1 aliphatic heterocycles. The lowest BCUT2D eigenvalue weighted by molar-refractivity contribution is -0.141. The Hall–Kier alpha value is -1.60. The number of rotatable bonds is 4. The number of carbonyl (C=O) groups is 2. The average Bonchev–Trinajstić information content (AvgIpc) is 2.97. The fourth-order valence-corrected chi connectivity index (χ4v) is 3.18. The Morgan fingerprint density at radius 2 is 2.35 bits per heavy atom. The second-order valence-electron chi connectivity index (χ2n) is 5.03. The number of urea groups is 1. The first-order chi connectivity index (χ1) is 9.47. The molecule has 0 spiro atoms. The van der Waals surface area contributed by atoms with Crippen LogP contribution in [-0.4, -0.2) is 51.8 Å². The molecule has 1 aromatic heterocycles. The van der Waals surface area contributed by atoms with E-state index in [1.807, 2.05) is 24.4 Å².